The Bertz CT molecular complexity index is 459. The maximum atomic E-state index is 13.3. The maximum absolute atomic E-state index is 13.3. The summed E-state index contributed by atoms with van der Waals surface area (Å²) in [6, 6.07) is 6.77. The molecule has 1 aromatic carbocycles. The van der Waals surface area contributed by atoms with Gasteiger partial charge in [0.25, 0.3) is 0 Å². The Balaban J connectivity index is 1.84. The van der Waals surface area contributed by atoms with Crippen LogP contribution < -0.4 is 5.73 Å². The lowest BCUT2D eigenvalue weighted by molar-refractivity contribution is 0.601. The van der Waals surface area contributed by atoms with Crippen LogP contribution in [0.1, 0.15) is 5.01 Å². The molecule has 2 rings (SSSR count). The Labute approximate surface area is 108 Å². The lowest BCUT2D eigenvalue weighted by atomic mass is 10.3. The molecule has 0 aliphatic heterocycles. The van der Waals surface area contributed by atoms with Crippen LogP contribution in [0, 0.1) is 5.82 Å². The molecule has 1 unspecified atom stereocenters. The molecule has 1 heterocycles. The Kier molecular flexibility index (Phi) is 4.53. The van der Waals surface area contributed by atoms with Gasteiger partial charge < -0.3 is 5.73 Å². The number of thioether (sulfide) groups is 1. The standard InChI is InChI=1S/C12H13FN2S2/c13-10-3-1-2-4-11(10)17-8-9(14)7-12-15-5-6-16-12/h1-6,9H,7-8,14H2. The summed E-state index contributed by atoms with van der Waals surface area (Å²) < 4.78 is 13.3. The molecule has 0 radical (unpaired) electrons. The molecule has 0 saturated carbocycles. The monoisotopic (exact) mass is 268 g/mol. The third-order valence-electron chi connectivity index (χ3n) is 2.21. The summed E-state index contributed by atoms with van der Waals surface area (Å²) in [5.41, 5.74) is 5.99. The summed E-state index contributed by atoms with van der Waals surface area (Å²) in [7, 11) is 0. The molecule has 1 atom stereocenters. The number of benzene rings is 1. The summed E-state index contributed by atoms with van der Waals surface area (Å²) in [5.74, 6) is 0.513. The molecule has 0 aliphatic carbocycles. The van der Waals surface area contributed by atoms with Gasteiger partial charge in [0.1, 0.15) is 5.82 Å². The van der Waals surface area contributed by atoms with Crippen molar-refractivity contribution in [3.05, 3.63) is 46.7 Å². The van der Waals surface area contributed by atoms with Crippen LogP contribution in [-0.2, 0) is 6.42 Å². The van der Waals surface area contributed by atoms with Crippen molar-refractivity contribution in [3.63, 3.8) is 0 Å². The van der Waals surface area contributed by atoms with E-state index in [1.165, 1.54) is 17.8 Å². The lowest BCUT2D eigenvalue weighted by Gasteiger charge is -2.09. The van der Waals surface area contributed by atoms with Gasteiger partial charge in [-0.15, -0.1) is 23.1 Å². The van der Waals surface area contributed by atoms with Gasteiger partial charge in [-0.1, -0.05) is 12.1 Å². The fourth-order valence-corrected chi connectivity index (χ4v) is 3.00. The fraction of sp³-hybridized carbons (Fsp3) is 0.250. The summed E-state index contributed by atoms with van der Waals surface area (Å²) in [5, 5.41) is 2.97. The largest absolute Gasteiger partial charge is 0.327 e. The molecule has 17 heavy (non-hydrogen) atoms. The van der Waals surface area contributed by atoms with Crippen molar-refractivity contribution in [3.8, 4) is 0 Å². The highest BCUT2D eigenvalue weighted by Gasteiger charge is 2.08. The Hall–Kier alpha value is -0.910. The van der Waals surface area contributed by atoms with Crippen molar-refractivity contribution in [2.75, 3.05) is 5.75 Å². The number of thiazole rings is 1. The van der Waals surface area contributed by atoms with Crippen LogP contribution in [0.3, 0.4) is 0 Å². The zero-order valence-electron chi connectivity index (χ0n) is 9.17. The predicted molar refractivity (Wildman–Crippen MR) is 70.9 cm³/mol. The Morgan fingerprint density at radius 2 is 2.24 bits per heavy atom. The van der Waals surface area contributed by atoms with Crippen LogP contribution in [0.4, 0.5) is 4.39 Å². The van der Waals surface area contributed by atoms with Gasteiger partial charge in [-0.05, 0) is 12.1 Å². The van der Waals surface area contributed by atoms with Crippen LogP contribution in [0.25, 0.3) is 0 Å². The predicted octanol–water partition coefficient (Wildman–Crippen LogP) is 2.94. The highest BCUT2D eigenvalue weighted by Crippen LogP contribution is 2.22. The molecule has 0 amide bonds. The maximum Gasteiger partial charge on any atom is 0.136 e. The van der Waals surface area contributed by atoms with Crippen molar-refractivity contribution in [1.82, 2.24) is 4.98 Å². The summed E-state index contributed by atoms with van der Waals surface area (Å²) in [6.07, 6.45) is 2.52. The smallest absolute Gasteiger partial charge is 0.136 e. The lowest BCUT2D eigenvalue weighted by Crippen LogP contribution is -2.25. The van der Waals surface area contributed by atoms with Crippen molar-refractivity contribution < 1.29 is 4.39 Å². The average Bonchev–Trinajstić information content (AvgIpc) is 2.81. The van der Waals surface area contributed by atoms with E-state index in [0.717, 1.165) is 11.4 Å². The second kappa shape index (κ2) is 6.14. The highest BCUT2D eigenvalue weighted by atomic mass is 32.2. The zero-order valence-corrected chi connectivity index (χ0v) is 10.8. The van der Waals surface area contributed by atoms with Crippen LogP contribution >= 0.6 is 23.1 Å². The molecule has 2 nitrogen and oxygen atoms in total. The third-order valence-corrected chi connectivity index (χ3v) is 4.25. The van der Waals surface area contributed by atoms with Crippen LogP contribution in [0.15, 0.2) is 40.7 Å². The average molecular weight is 268 g/mol. The summed E-state index contributed by atoms with van der Waals surface area (Å²) >= 11 is 3.06. The van der Waals surface area contributed by atoms with E-state index in [1.54, 1.807) is 29.7 Å². The van der Waals surface area contributed by atoms with Gasteiger partial charge in [0.2, 0.25) is 0 Å². The highest BCUT2D eigenvalue weighted by molar-refractivity contribution is 7.99. The van der Waals surface area contributed by atoms with Gasteiger partial charge in [-0.2, -0.15) is 0 Å². The van der Waals surface area contributed by atoms with Crippen molar-refractivity contribution >= 4 is 23.1 Å². The second-order valence-corrected chi connectivity index (χ2v) is 5.67. The number of rotatable bonds is 5. The van der Waals surface area contributed by atoms with E-state index in [2.05, 4.69) is 4.98 Å². The van der Waals surface area contributed by atoms with Crippen LogP contribution in [-0.4, -0.2) is 16.8 Å². The molecule has 1 aromatic heterocycles. The number of halogens is 1. The molecule has 0 bridgehead atoms. The third kappa shape index (κ3) is 3.80. The number of hydrogen-bond donors (Lipinski definition) is 1. The van der Waals surface area contributed by atoms with Gasteiger partial charge in [0.05, 0.1) is 5.01 Å². The van der Waals surface area contributed by atoms with Crippen molar-refractivity contribution in [1.29, 1.82) is 0 Å². The van der Waals surface area contributed by atoms with Crippen molar-refractivity contribution in [2.24, 2.45) is 5.73 Å². The van der Waals surface area contributed by atoms with Gasteiger partial charge in [0, 0.05) is 34.7 Å². The van der Waals surface area contributed by atoms with E-state index < -0.39 is 0 Å². The minimum absolute atomic E-state index is 0.00533. The molecule has 0 fully saturated rings. The molecule has 0 saturated heterocycles. The Morgan fingerprint density at radius 3 is 2.94 bits per heavy atom. The molecule has 2 aromatic rings. The first-order valence-electron chi connectivity index (χ1n) is 5.27. The van der Waals surface area contributed by atoms with E-state index in [9.17, 15) is 4.39 Å². The molecule has 2 N–H and O–H groups in total. The van der Waals surface area contributed by atoms with Crippen LogP contribution in [0.5, 0.6) is 0 Å². The topological polar surface area (TPSA) is 38.9 Å². The summed E-state index contributed by atoms with van der Waals surface area (Å²) in [6.45, 7) is 0. The number of aromatic nitrogens is 1. The molecule has 5 heteroatoms. The van der Waals surface area contributed by atoms with E-state index >= 15 is 0 Å². The number of nitrogens with zero attached hydrogens (tertiary/aromatic N) is 1. The second-order valence-electron chi connectivity index (χ2n) is 3.63. The van der Waals surface area contributed by atoms with Gasteiger partial charge >= 0.3 is 0 Å². The van der Waals surface area contributed by atoms with Gasteiger partial charge in [0.15, 0.2) is 0 Å². The van der Waals surface area contributed by atoms with Crippen LogP contribution in [0.2, 0.25) is 0 Å². The first-order valence-corrected chi connectivity index (χ1v) is 7.13. The van der Waals surface area contributed by atoms with Gasteiger partial charge in [-0.25, -0.2) is 9.37 Å². The quantitative estimate of drug-likeness (QED) is 0.847. The number of nitrogens with two attached hydrogens (primary N) is 1. The normalized spacial score (nSPS) is 12.6. The van der Waals surface area contributed by atoms with E-state index in [-0.39, 0.29) is 11.9 Å². The molecule has 0 spiro atoms. The first-order chi connectivity index (χ1) is 8.25. The zero-order chi connectivity index (χ0) is 12.1. The molecular formula is C12H13FN2S2. The minimum atomic E-state index is -0.182. The summed E-state index contributed by atoms with van der Waals surface area (Å²) in [4.78, 5) is 4.84. The van der Waals surface area contributed by atoms with E-state index in [1.807, 2.05) is 11.4 Å². The van der Waals surface area contributed by atoms with E-state index in [0.29, 0.717) is 10.6 Å². The molecule has 90 valence electrons. The van der Waals surface area contributed by atoms with Crippen molar-refractivity contribution in [2.45, 2.75) is 17.4 Å². The van der Waals surface area contributed by atoms with E-state index in [4.69, 9.17) is 5.73 Å². The molecular weight excluding hydrogens is 255 g/mol. The fourth-order valence-electron chi connectivity index (χ4n) is 1.40. The van der Waals surface area contributed by atoms with Gasteiger partial charge in [-0.3, -0.25) is 0 Å². The SMILES string of the molecule is NC(CSc1ccccc1F)Cc1nccs1. The Morgan fingerprint density at radius 1 is 1.41 bits per heavy atom. The minimum Gasteiger partial charge on any atom is -0.327 e. The first kappa shape index (κ1) is 12.5. The molecule has 0 aliphatic rings. The number of hydrogen-bond acceptors (Lipinski definition) is 4.